The van der Waals surface area contributed by atoms with Crippen molar-refractivity contribution in [1.29, 1.82) is 0 Å². The Labute approximate surface area is 173 Å². The molecule has 2 fully saturated rings. The van der Waals surface area contributed by atoms with Crippen LogP contribution in [0, 0.1) is 13.8 Å². The first-order chi connectivity index (χ1) is 14.1. The number of methoxy groups -OCH3 is 1. The fourth-order valence-electron chi connectivity index (χ4n) is 4.67. The lowest BCUT2D eigenvalue weighted by Gasteiger charge is -2.44. The van der Waals surface area contributed by atoms with Crippen molar-refractivity contribution in [2.45, 2.75) is 32.7 Å². The van der Waals surface area contributed by atoms with Crippen LogP contribution in [0.2, 0.25) is 0 Å². The first-order valence-electron chi connectivity index (χ1n) is 10.5. The Bertz CT molecular complexity index is 855. The molecule has 6 nitrogen and oxygen atoms in total. The molecule has 29 heavy (non-hydrogen) atoms. The number of ether oxygens (including phenoxy) is 1. The number of benzene rings is 1. The molecule has 0 unspecified atom stereocenters. The number of nitrogens with zero attached hydrogens (tertiary/aromatic N) is 3. The van der Waals surface area contributed by atoms with Crippen molar-refractivity contribution >= 4 is 11.6 Å². The molecule has 2 aliphatic rings. The quantitative estimate of drug-likeness (QED) is 0.792. The fraction of sp³-hybridized carbons (Fsp3) is 0.522. The van der Waals surface area contributed by atoms with Crippen LogP contribution in [0.25, 0.3) is 0 Å². The number of anilines is 1. The lowest BCUT2D eigenvalue weighted by Crippen LogP contribution is -2.56. The summed E-state index contributed by atoms with van der Waals surface area (Å²) in [5.74, 6) is 2.56. The zero-order valence-electron chi connectivity index (χ0n) is 17.7. The highest BCUT2D eigenvalue weighted by Gasteiger charge is 2.31. The number of carbonyl (C=O) groups excluding carboxylic acids is 1. The average molecular weight is 398 g/mol. The molecule has 0 radical (unpaired) electrons. The van der Waals surface area contributed by atoms with Gasteiger partial charge in [-0.25, -0.2) is 0 Å². The number of carbonyl (C=O) groups is 1. The minimum absolute atomic E-state index is 0.108. The van der Waals surface area contributed by atoms with E-state index >= 15 is 0 Å². The number of piperazine rings is 1. The molecule has 4 rings (SSSR count). The number of amides is 1. The van der Waals surface area contributed by atoms with Gasteiger partial charge in [-0.3, -0.25) is 9.69 Å². The maximum absolute atomic E-state index is 13.0. The summed E-state index contributed by atoms with van der Waals surface area (Å²) < 4.78 is 11.1. The molecule has 0 aliphatic carbocycles. The monoisotopic (exact) mass is 397 g/mol. The van der Waals surface area contributed by atoms with Gasteiger partial charge in [0.25, 0.3) is 5.91 Å². The molecule has 0 bridgehead atoms. The summed E-state index contributed by atoms with van der Waals surface area (Å²) >= 11 is 0. The summed E-state index contributed by atoms with van der Waals surface area (Å²) in [4.78, 5) is 20.0. The normalized spacial score (nSPS) is 20.7. The van der Waals surface area contributed by atoms with Crippen molar-refractivity contribution in [3.8, 4) is 5.75 Å². The molecule has 1 aromatic carbocycles. The third-order valence-corrected chi connectivity index (χ3v) is 6.21. The lowest BCUT2D eigenvalue weighted by molar-refractivity contribution is 0.0562. The highest BCUT2D eigenvalue weighted by molar-refractivity contribution is 5.95. The zero-order chi connectivity index (χ0) is 20.4. The van der Waals surface area contributed by atoms with Crippen molar-refractivity contribution < 1.29 is 13.9 Å². The highest BCUT2D eigenvalue weighted by atomic mass is 16.5. The van der Waals surface area contributed by atoms with E-state index in [1.165, 1.54) is 5.69 Å². The Balaban J connectivity index is 1.37. The molecule has 1 atom stereocenters. The van der Waals surface area contributed by atoms with E-state index in [0.29, 0.717) is 11.6 Å². The first kappa shape index (κ1) is 19.8. The number of piperidine rings is 1. The average Bonchev–Trinajstić information content (AvgIpc) is 3.11. The second-order valence-corrected chi connectivity index (χ2v) is 8.07. The van der Waals surface area contributed by atoms with Gasteiger partial charge in [0.15, 0.2) is 0 Å². The predicted molar refractivity (Wildman–Crippen MR) is 114 cm³/mol. The molecule has 1 amide bonds. The van der Waals surface area contributed by atoms with Crippen molar-refractivity contribution in [2.24, 2.45) is 0 Å². The van der Waals surface area contributed by atoms with Crippen LogP contribution in [0.5, 0.6) is 5.75 Å². The van der Waals surface area contributed by atoms with E-state index in [0.717, 1.165) is 69.4 Å². The second kappa shape index (κ2) is 8.49. The van der Waals surface area contributed by atoms with Gasteiger partial charge in [-0.05, 0) is 44.9 Å². The Morgan fingerprint density at radius 2 is 1.86 bits per heavy atom. The Morgan fingerprint density at radius 3 is 2.55 bits per heavy atom. The molecule has 2 aliphatic heterocycles. The summed E-state index contributed by atoms with van der Waals surface area (Å²) in [5.41, 5.74) is 1.88. The minimum atomic E-state index is 0.108. The molecule has 3 heterocycles. The van der Waals surface area contributed by atoms with E-state index < -0.39 is 0 Å². The third-order valence-electron chi connectivity index (χ3n) is 6.21. The molecule has 0 saturated carbocycles. The van der Waals surface area contributed by atoms with Crippen molar-refractivity contribution in [3.63, 3.8) is 0 Å². The molecule has 0 N–H and O–H groups in total. The molecule has 156 valence electrons. The molecular weight excluding hydrogens is 366 g/mol. The first-order valence-corrected chi connectivity index (χ1v) is 10.5. The van der Waals surface area contributed by atoms with E-state index in [-0.39, 0.29) is 5.91 Å². The van der Waals surface area contributed by atoms with Crippen molar-refractivity contribution in [1.82, 2.24) is 9.80 Å². The summed E-state index contributed by atoms with van der Waals surface area (Å²) in [6.45, 7) is 9.37. The number of likely N-dealkylation sites (tertiary alicyclic amines) is 1. The predicted octanol–water partition coefficient (Wildman–Crippen LogP) is 3.33. The number of aryl methyl sites for hydroxylation is 2. The molecule has 6 heteroatoms. The highest BCUT2D eigenvalue weighted by Crippen LogP contribution is 2.29. The van der Waals surface area contributed by atoms with Crippen LogP contribution in [-0.4, -0.2) is 68.1 Å². The maximum atomic E-state index is 13.0. The third kappa shape index (κ3) is 4.13. The van der Waals surface area contributed by atoms with Gasteiger partial charge in [0.2, 0.25) is 0 Å². The molecule has 2 aromatic rings. The van der Waals surface area contributed by atoms with Crippen LogP contribution in [0.4, 0.5) is 5.69 Å². The van der Waals surface area contributed by atoms with Gasteiger partial charge >= 0.3 is 0 Å². The SMILES string of the molecule is COc1ccccc1N1CCN([C@@H]2CCCN(C(=O)c3cc(C)oc3C)C2)CC1. The Hall–Kier alpha value is -2.47. The Morgan fingerprint density at radius 1 is 1.10 bits per heavy atom. The smallest absolute Gasteiger partial charge is 0.257 e. The van der Waals surface area contributed by atoms with E-state index in [1.807, 2.05) is 36.9 Å². The van der Waals surface area contributed by atoms with Crippen LogP contribution in [0.1, 0.15) is 34.7 Å². The maximum Gasteiger partial charge on any atom is 0.257 e. The minimum Gasteiger partial charge on any atom is -0.495 e. The number of furan rings is 1. The van der Waals surface area contributed by atoms with E-state index in [9.17, 15) is 4.79 Å². The van der Waals surface area contributed by atoms with E-state index in [4.69, 9.17) is 9.15 Å². The van der Waals surface area contributed by atoms with Gasteiger partial charge in [-0.15, -0.1) is 0 Å². The van der Waals surface area contributed by atoms with Crippen LogP contribution < -0.4 is 9.64 Å². The molecule has 2 saturated heterocycles. The van der Waals surface area contributed by atoms with Gasteiger partial charge in [0, 0.05) is 45.3 Å². The largest absolute Gasteiger partial charge is 0.495 e. The van der Waals surface area contributed by atoms with Crippen LogP contribution >= 0.6 is 0 Å². The summed E-state index contributed by atoms with van der Waals surface area (Å²) in [6.07, 6.45) is 2.21. The summed E-state index contributed by atoms with van der Waals surface area (Å²) in [5, 5.41) is 0. The second-order valence-electron chi connectivity index (χ2n) is 8.07. The van der Waals surface area contributed by atoms with Crippen molar-refractivity contribution in [3.05, 3.63) is 47.4 Å². The number of hydrogen-bond donors (Lipinski definition) is 0. The zero-order valence-corrected chi connectivity index (χ0v) is 17.7. The van der Waals surface area contributed by atoms with Gasteiger partial charge < -0.3 is 19.0 Å². The molecule has 1 aromatic heterocycles. The summed E-state index contributed by atoms with van der Waals surface area (Å²) in [7, 11) is 1.73. The van der Waals surface area contributed by atoms with E-state index in [1.54, 1.807) is 7.11 Å². The lowest BCUT2D eigenvalue weighted by atomic mass is 10.0. The topological polar surface area (TPSA) is 49.2 Å². The van der Waals surface area contributed by atoms with Gasteiger partial charge in [-0.2, -0.15) is 0 Å². The number of rotatable bonds is 4. The number of para-hydroxylation sites is 2. The van der Waals surface area contributed by atoms with Crippen LogP contribution in [0.3, 0.4) is 0 Å². The standard InChI is InChI=1S/C23H31N3O3/c1-17-15-20(18(2)29-17)23(27)26-10-6-7-19(16-26)24-11-13-25(14-12-24)21-8-4-5-9-22(21)28-3/h4-5,8-9,15,19H,6-7,10-14,16H2,1-3H3/t19-/m1/s1. The Kier molecular flexibility index (Phi) is 5.81. The van der Waals surface area contributed by atoms with Crippen LogP contribution in [-0.2, 0) is 0 Å². The van der Waals surface area contributed by atoms with Gasteiger partial charge in [0.1, 0.15) is 17.3 Å². The van der Waals surface area contributed by atoms with Crippen LogP contribution in [0.15, 0.2) is 34.7 Å². The number of hydrogen-bond acceptors (Lipinski definition) is 5. The van der Waals surface area contributed by atoms with Gasteiger partial charge in [0.05, 0.1) is 18.4 Å². The van der Waals surface area contributed by atoms with Gasteiger partial charge in [-0.1, -0.05) is 12.1 Å². The molecular formula is C23H31N3O3. The summed E-state index contributed by atoms with van der Waals surface area (Å²) in [6, 6.07) is 10.5. The fourth-order valence-corrected chi connectivity index (χ4v) is 4.67. The molecule has 0 spiro atoms. The van der Waals surface area contributed by atoms with E-state index in [2.05, 4.69) is 21.9 Å². The van der Waals surface area contributed by atoms with Crippen molar-refractivity contribution in [2.75, 3.05) is 51.3 Å².